The van der Waals surface area contributed by atoms with Crippen LogP contribution in [0.2, 0.25) is 5.02 Å². The quantitative estimate of drug-likeness (QED) is 0.573. The molecule has 3 unspecified atom stereocenters. The van der Waals surface area contributed by atoms with Crippen molar-refractivity contribution < 1.29 is 4.74 Å². The van der Waals surface area contributed by atoms with Crippen molar-refractivity contribution in [1.82, 2.24) is 15.5 Å². The molecule has 6 heteroatoms. The molecule has 2 heterocycles. The molecule has 2 bridgehead atoms. The average Bonchev–Trinajstić information content (AvgIpc) is 2.63. The summed E-state index contributed by atoms with van der Waals surface area (Å²) in [6, 6.07) is 9.71. The van der Waals surface area contributed by atoms with E-state index in [9.17, 15) is 0 Å². The topological polar surface area (TPSA) is 48.9 Å². The fourth-order valence-electron chi connectivity index (χ4n) is 4.44. The van der Waals surface area contributed by atoms with Crippen molar-refractivity contribution in [3.8, 4) is 0 Å². The zero-order chi connectivity index (χ0) is 19.2. The van der Waals surface area contributed by atoms with Gasteiger partial charge in [-0.3, -0.25) is 4.99 Å². The van der Waals surface area contributed by atoms with Crippen LogP contribution in [0.25, 0.3) is 0 Å². The van der Waals surface area contributed by atoms with E-state index in [1.54, 1.807) is 7.11 Å². The van der Waals surface area contributed by atoms with Gasteiger partial charge in [0.15, 0.2) is 5.96 Å². The molecule has 0 amide bonds. The van der Waals surface area contributed by atoms with Gasteiger partial charge < -0.3 is 20.3 Å². The lowest BCUT2D eigenvalue weighted by atomic mass is 9.82. The Kier molecular flexibility index (Phi) is 7.39. The normalized spacial score (nSPS) is 27.3. The van der Waals surface area contributed by atoms with Crippen LogP contribution >= 0.6 is 11.6 Å². The molecule has 3 atom stereocenters. The molecule has 3 rings (SSSR count). The number of methoxy groups -OCH3 is 1. The number of nitrogens with zero attached hydrogens (tertiary/aromatic N) is 2. The lowest BCUT2D eigenvalue weighted by Crippen LogP contribution is -2.56. The molecule has 2 N–H and O–H groups in total. The number of fused-ring (bicyclic) bond motifs is 2. The summed E-state index contributed by atoms with van der Waals surface area (Å²) in [6.07, 6.45) is 6.30. The second kappa shape index (κ2) is 9.76. The first kappa shape index (κ1) is 20.4. The summed E-state index contributed by atoms with van der Waals surface area (Å²) in [5, 5.41) is 7.80. The summed E-state index contributed by atoms with van der Waals surface area (Å²) in [7, 11) is 4.01. The van der Waals surface area contributed by atoms with E-state index in [1.165, 1.54) is 32.1 Å². The summed E-state index contributed by atoms with van der Waals surface area (Å²) in [5.74, 6) is 0.884. The van der Waals surface area contributed by atoms with Gasteiger partial charge in [0.25, 0.3) is 0 Å². The van der Waals surface area contributed by atoms with Crippen LogP contribution in [0.1, 0.15) is 50.7 Å². The minimum atomic E-state index is -0.101. The van der Waals surface area contributed by atoms with Crippen molar-refractivity contribution in [2.75, 3.05) is 27.2 Å². The second-order valence-electron chi connectivity index (χ2n) is 7.72. The molecule has 2 aliphatic rings. The molecule has 0 radical (unpaired) electrons. The number of rotatable bonds is 6. The third kappa shape index (κ3) is 5.37. The molecule has 0 aliphatic carbocycles. The number of halogens is 1. The summed E-state index contributed by atoms with van der Waals surface area (Å²) in [5.41, 5.74) is 1.05. The Bertz CT molecular complexity index is 624. The van der Waals surface area contributed by atoms with Gasteiger partial charge in [-0.1, -0.05) is 30.2 Å². The smallest absolute Gasteiger partial charge is 0.191 e. The first-order valence-electron chi connectivity index (χ1n) is 10.2. The summed E-state index contributed by atoms with van der Waals surface area (Å²) < 4.78 is 5.66. The van der Waals surface area contributed by atoms with Crippen molar-refractivity contribution in [3.05, 3.63) is 34.9 Å². The molecule has 1 aromatic rings. The molecule has 5 nitrogen and oxygen atoms in total. The van der Waals surface area contributed by atoms with Crippen LogP contribution < -0.4 is 10.6 Å². The molecule has 2 aliphatic heterocycles. The lowest BCUT2D eigenvalue weighted by Gasteiger charge is -2.47. The number of nitrogens with one attached hydrogen (secondary N) is 2. The SMILES string of the molecule is CCNC(=NCC(OC)c1cccc(Cl)c1)NC1CC2CCCC(C1)N2C. The van der Waals surface area contributed by atoms with Gasteiger partial charge in [-0.15, -0.1) is 0 Å². The van der Waals surface area contributed by atoms with Crippen LogP contribution in [0, 0.1) is 0 Å². The largest absolute Gasteiger partial charge is 0.375 e. The number of ether oxygens (including phenoxy) is 1. The van der Waals surface area contributed by atoms with E-state index in [-0.39, 0.29) is 6.10 Å². The highest BCUT2D eigenvalue weighted by Crippen LogP contribution is 2.32. The molecule has 150 valence electrons. The van der Waals surface area contributed by atoms with Crippen LogP contribution in [-0.2, 0) is 4.74 Å². The van der Waals surface area contributed by atoms with Crippen molar-refractivity contribution in [2.45, 2.75) is 63.3 Å². The molecule has 0 aromatic heterocycles. The van der Waals surface area contributed by atoms with Gasteiger partial charge in [0, 0.05) is 36.8 Å². The monoisotopic (exact) mass is 392 g/mol. The van der Waals surface area contributed by atoms with Gasteiger partial charge in [-0.25, -0.2) is 0 Å². The molecular weight excluding hydrogens is 360 g/mol. The van der Waals surface area contributed by atoms with Crippen LogP contribution in [0.5, 0.6) is 0 Å². The van der Waals surface area contributed by atoms with Crippen molar-refractivity contribution >= 4 is 17.6 Å². The highest BCUT2D eigenvalue weighted by Gasteiger charge is 2.36. The Morgan fingerprint density at radius 1 is 1.33 bits per heavy atom. The van der Waals surface area contributed by atoms with Crippen molar-refractivity contribution in [2.24, 2.45) is 4.99 Å². The van der Waals surface area contributed by atoms with Crippen molar-refractivity contribution in [3.63, 3.8) is 0 Å². The highest BCUT2D eigenvalue weighted by molar-refractivity contribution is 6.30. The van der Waals surface area contributed by atoms with Gasteiger partial charge in [-0.05, 0) is 57.4 Å². The predicted molar refractivity (Wildman–Crippen MR) is 113 cm³/mol. The Morgan fingerprint density at radius 3 is 2.70 bits per heavy atom. The summed E-state index contributed by atoms with van der Waals surface area (Å²) in [4.78, 5) is 7.40. The van der Waals surface area contributed by atoms with Gasteiger partial charge in [0.2, 0.25) is 0 Å². The van der Waals surface area contributed by atoms with Crippen LogP contribution in [0.3, 0.4) is 0 Å². The highest BCUT2D eigenvalue weighted by atomic mass is 35.5. The Hall–Kier alpha value is -1.30. The van der Waals surface area contributed by atoms with Gasteiger partial charge in [0.05, 0.1) is 6.54 Å². The number of hydrogen-bond donors (Lipinski definition) is 2. The fraction of sp³-hybridized carbons (Fsp3) is 0.667. The van der Waals surface area contributed by atoms with E-state index in [2.05, 4.69) is 29.5 Å². The molecule has 0 saturated carbocycles. The first-order valence-corrected chi connectivity index (χ1v) is 10.5. The minimum Gasteiger partial charge on any atom is -0.375 e. The second-order valence-corrected chi connectivity index (χ2v) is 8.15. The van der Waals surface area contributed by atoms with E-state index < -0.39 is 0 Å². The molecule has 2 saturated heterocycles. The van der Waals surface area contributed by atoms with Crippen LogP contribution in [0.4, 0.5) is 0 Å². The van der Waals surface area contributed by atoms with E-state index in [0.29, 0.717) is 24.7 Å². The lowest BCUT2D eigenvalue weighted by molar-refractivity contribution is 0.0526. The first-order chi connectivity index (χ1) is 13.1. The number of piperidine rings is 2. The van der Waals surface area contributed by atoms with Crippen molar-refractivity contribution in [1.29, 1.82) is 0 Å². The molecule has 2 fully saturated rings. The number of benzene rings is 1. The zero-order valence-electron chi connectivity index (χ0n) is 16.7. The van der Waals surface area contributed by atoms with E-state index in [4.69, 9.17) is 21.3 Å². The molecule has 27 heavy (non-hydrogen) atoms. The van der Waals surface area contributed by atoms with Crippen LogP contribution in [0.15, 0.2) is 29.3 Å². The summed E-state index contributed by atoms with van der Waals surface area (Å²) in [6.45, 7) is 3.51. The standard InChI is InChI=1S/C21H33ClN4O/c1-4-23-21(24-14-20(27-3)15-7-5-8-16(22)11-15)25-17-12-18-9-6-10-19(13-17)26(18)2/h5,7-8,11,17-20H,4,6,9-10,12-14H2,1-3H3,(H2,23,24,25). The maximum absolute atomic E-state index is 6.13. The number of hydrogen-bond acceptors (Lipinski definition) is 3. The zero-order valence-corrected chi connectivity index (χ0v) is 17.5. The third-order valence-electron chi connectivity index (χ3n) is 5.95. The predicted octanol–water partition coefficient (Wildman–Crippen LogP) is 3.60. The minimum absolute atomic E-state index is 0.101. The van der Waals surface area contributed by atoms with Gasteiger partial charge >= 0.3 is 0 Å². The number of guanidine groups is 1. The molecular formula is C21H33ClN4O. The van der Waals surface area contributed by atoms with E-state index in [0.717, 1.165) is 23.1 Å². The van der Waals surface area contributed by atoms with E-state index >= 15 is 0 Å². The van der Waals surface area contributed by atoms with Gasteiger partial charge in [0.1, 0.15) is 6.10 Å². The summed E-state index contributed by atoms with van der Waals surface area (Å²) >= 11 is 6.13. The Balaban J connectivity index is 1.64. The van der Waals surface area contributed by atoms with Gasteiger partial charge in [-0.2, -0.15) is 0 Å². The number of aliphatic imine (C=N–C) groups is 1. The maximum atomic E-state index is 6.13. The molecule has 1 aromatic carbocycles. The Morgan fingerprint density at radius 2 is 2.07 bits per heavy atom. The van der Waals surface area contributed by atoms with Crippen LogP contribution in [-0.4, -0.2) is 56.2 Å². The fourth-order valence-corrected chi connectivity index (χ4v) is 4.64. The third-order valence-corrected chi connectivity index (χ3v) is 6.18. The Labute approximate surface area is 168 Å². The maximum Gasteiger partial charge on any atom is 0.191 e. The average molecular weight is 393 g/mol. The molecule has 0 spiro atoms. The van der Waals surface area contributed by atoms with E-state index in [1.807, 2.05) is 24.3 Å².